The van der Waals surface area contributed by atoms with Crippen LogP contribution in [0.25, 0.3) is 0 Å². The maximum atomic E-state index is 5.99. The van der Waals surface area contributed by atoms with E-state index in [0.717, 1.165) is 26.2 Å². The number of hydrogen-bond acceptors (Lipinski definition) is 3. The van der Waals surface area contributed by atoms with Crippen molar-refractivity contribution in [2.24, 2.45) is 5.73 Å². The molecule has 2 atom stereocenters. The Kier molecular flexibility index (Phi) is 3.65. The second kappa shape index (κ2) is 4.81. The monoisotopic (exact) mass is 212 g/mol. The van der Waals surface area contributed by atoms with Gasteiger partial charge in [0.05, 0.1) is 12.1 Å². The standard InChI is InChI=1S/C12H24N2O/c1-11-5-3-2-4-7-14(11)12(9-13)6-8-15-10-12/h11H,2-10,13H2,1H3. The molecule has 0 saturated carbocycles. The summed E-state index contributed by atoms with van der Waals surface area (Å²) in [5.41, 5.74) is 6.15. The molecule has 0 aromatic rings. The van der Waals surface area contributed by atoms with E-state index < -0.39 is 0 Å². The van der Waals surface area contributed by atoms with E-state index in [-0.39, 0.29) is 5.54 Å². The number of nitrogens with zero attached hydrogens (tertiary/aromatic N) is 1. The van der Waals surface area contributed by atoms with E-state index >= 15 is 0 Å². The van der Waals surface area contributed by atoms with Crippen molar-refractivity contribution < 1.29 is 4.74 Å². The summed E-state index contributed by atoms with van der Waals surface area (Å²) in [7, 11) is 0. The molecule has 88 valence electrons. The van der Waals surface area contributed by atoms with Crippen LogP contribution in [0.5, 0.6) is 0 Å². The Morgan fingerprint density at radius 3 is 2.93 bits per heavy atom. The van der Waals surface area contributed by atoms with Crippen molar-refractivity contribution in [2.75, 3.05) is 26.3 Å². The van der Waals surface area contributed by atoms with E-state index in [4.69, 9.17) is 10.5 Å². The lowest BCUT2D eigenvalue weighted by Gasteiger charge is -2.42. The maximum absolute atomic E-state index is 5.99. The second-order valence-corrected chi connectivity index (χ2v) is 5.12. The van der Waals surface area contributed by atoms with Gasteiger partial charge < -0.3 is 10.5 Å². The molecule has 2 aliphatic rings. The van der Waals surface area contributed by atoms with Gasteiger partial charge in [-0.15, -0.1) is 0 Å². The highest BCUT2D eigenvalue weighted by Gasteiger charge is 2.41. The minimum atomic E-state index is 0.157. The van der Waals surface area contributed by atoms with Gasteiger partial charge in [-0.2, -0.15) is 0 Å². The molecule has 2 saturated heterocycles. The molecule has 0 aromatic carbocycles. The van der Waals surface area contributed by atoms with Crippen LogP contribution in [0, 0.1) is 0 Å². The lowest BCUT2D eigenvalue weighted by atomic mass is 9.94. The van der Waals surface area contributed by atoms with Crippen LogP contribution in [0.15, 0.2) is 0 Å². The van der Waals surface area contributed by atoms with Gasteiger partial charge in [-0.25, -0.2) is 0 Å². The van der Waals surface area contributed by atoms with Crippen LogP contribution in [0.4, 0.5) is 0 Å². The van der Waals surface area contributed by atoms with Crippen LogP contribution in [0.3, 0.4) is 0 Å². The average Bonchev–Trinajstić information content (AvgIpc) is 2.63. The third-order valence-corrected chi connectivity index (χ3v) is 4.12. The number of likely N-dealkylation sites (tertiary alicyclic amines) is 1. The van der Waals surface area contributed by atoms with Gasteiger partial charge in [-0.3, -0.25) is 4.90 Å². The van der Waals surface area contributed by atoms with Crippen LogP contribution in [0.2, 0.25) is 0 Å². The van der Waals surface area contributed by atoms with Gasteiger partial charge in [0.25, 0.3) is 0 Å². The van der Waals surface area contributed by atoms with Crippen molar-refractivity contribution in [3.05, 3.63) is 0 Å². The van der Waals surface area contributed by atoms with Gasteiger partial charge >= 0.3 is 0 Å². The fourth-order valence-corrected chi connectivity index (χ4v) is 3.08. The Hall–Kier alpha value is -0.120. The molecule has 0 amide bonds. The van der Waals surface area contributed by atoms with Crippen molar-refractivity contribution in [1.29, 1.82) is 0 Å². The Morgan fingerprint density at radius 1 is 1.40 bits per heavy atom. The zero-order chi connectivity index (χ0) is 10.7. The summed E-state index contributed by atoms with van der Waals surface area (Å²) < 4.78 is 5.57. The van der Waals surface area contributed by atoms with Crippen molar-refractivity contribution in [2.45, 2.75) is 50.6 Å². The maximum Gasteiger partial charge on any atom is 0.0663 e. The highest BCUT2D eigenvalue weighted by molar-refractivity contribution is 4.97. The number of hydrogen-bond donors (Lipinski definition) is 1. The quantitative estimate of drug-likeness (QED) is 0.751. The van der Waals surface area contributed by atoms with Crippen molar-refractivity contribution >= 4 is 0 Å². The topological polar surface area (TPSA) is 38.5 Å². The molecule has 2 N–H and O–H groups in total. The van der Waals surface area contributed by atoms with Crippen LogP contribution in [0.1, 0.15) is 39.0 Å². The highest BCUT2D eigenvalue weighted by Crippen LogP contribution is 2.30. The predicted octanol–water partition coefficient (Wildman–Crippen LogP) is 1.37. The Morgan fingerprint density at radius 2 is 2.27 bits per heavy atom. The molecule has 2 unspecified atom stereocenters. The largest absolute Gasteiger partial charge is 0.379 e. The molecule has 3 heteroatoms. The first-order valence-electron chi connectivity index (χ1n) is 6.33. The minimum absolute atomic E-state index is 0.157. The van der Waals surface area contributed by atoms with E-state index in [1.807, 2.05) is 0 Å². The van der Waals surface area contributed by atoms with Crippen LogP contribution in [-0.4, -0.2) is 42.8 Å². The first-order valence-corrected chi connectivity index (χ1v) is 6.33. The van der Waals surface area contributed by atoms with E-state index in [1.54, 1.807) is 0 Å². The molecule has 2 aliphatic heterocycles. The molecule has 2 rings (SSSR count). The Bertz CT molecular complexity index is 202. The van der Waals surface area contributed by atoms with Crippen molar-refractivity contribution in [1.82, 2.24) is 4.90 Å². The van der Waals surface area contributed by atoms with Gasteiger partial charge in [0.2, 0.25) is 0 Å². The lowest BCUT2D eigenvalue weighted by molar-refractivity contribution is 0.0433. The van der Waals surface area contributed by atoms with Gasteiger partial charge in [0.1, 0.15) is 0 Å². The molecular formula is C12H24N2O. The Balaban J connectivity index is 2.10. The zero-order valence-electron chi connectivity index (χ0n) is 9.87. The third-order valence-electron chi connectivity index (χ3n) is 4.12. The molecule has 15 heavy (non-hydrogen) atoms. The molecule has 0 aromatic heterocycles. The fourth-order valence-electron chi connectivity index (χ4n) is 3.08. The summed E-state index contributed by atoms with van der Waals surface area (Å²) in [5, 5.41) is 0. The van der Waals surface area contributed by atoms with Gasteiger partial charge in [-0.1, -0.05) is 12.8 Å². The SMILES string of the molecule is CC1CCCCCN1C1(CN)CCOC1. The second-order valence-electron chi connectivity index (χ2n) is 5.12. The first kappa shape index (κ1) is 11.4. The van der Waals surface area contributed by atoms with E-state index in [0.29, 0.717) is 6.04 Å². The van der Waals surface area contributed by atoms with E-state index in [2.05, 4.69) is 11.8 Å². The number of nitrogens with two attached hydrogens (primary N) is 1. The van der Waals surface area contributed by atoms with Crippen LogP contribution in [-0.2, 0) is 4.74 Å². The number of rotatable bonds is 2. The smallest absolute Gasteiger partial charge is 0.0663 e. The summed E-state index contributed by atoms with van der Waals surface area (Å²) in [6, 6.07) is 0.678. The normalized spacial score (nSPS) is 39.2. The van der Waals surface area contributed by atoms with E-state index in [9.17, 15) is 0 Å². The highest BCUT2D eigenvalue weighted by atomic mass is 16.5. The molecule has 2 heterocycles. The lowest BCUT2D eigenvalue weighted by Crippen LogP contribution is -2.57. The molecule has 2 fully saturated rings. The summed E-state index contributed by atoms with van der Waals surface area (Å²) >= 11 is 0. The summed E-state index contributed by atoms with van der Waals surface area (Å²) in [5.74, 6) is 0. The fraction of sp³-hybridized carbons (Fsp3) is 1.00. The summed E-state index contributed by atoms with van der Waals surface area (Å²) in [6.45, 7) is 6.04. The summed E-state index contributed by atoms with van der Waals surface area (Å²) in [6.07, 6.45) is 6.52. The molecule has 0 bridgehead atoms. The average molecular weight is 212 g/mol. The first-order chi connectivity index (χ1) is 7.28. The molecule has 0 radical (unpaired) electrons. The molecule has 0 aliphatic carbocycles. The van der Waals surface area contributed by atoms with Crippen molar-refractivity contribution in [3.8, 4) is 0 Å². The number of ether oxygens (including phenoxy) is 1. The van der Waals surface area contributed by atoms with Crippen LogP contribution < -0.4 is 5.73 Å². The molecule has 3 nitrogen and oxygen atoms in total. The van der Waals surface area contributed by atoms with Crippen LogP contribution >= 0.6 is 0 Å². The zero-order valence-corrected chi connectivity index (χ0v) is 9.87. The summed E-state index contributed by atoms with van der Waals surface area (Å²) in [4.78, 5) is 2.63. The van der Waals surface area contributed by atoms with Gasteiger partial charge in [0.15, 0.2) is 0 Å². The van der Waals surface area contributed by atoms with Gasteiger partial charge in [-0.05, 0) is 32.7 Å². The third kappa shape index (κ3) is 2.19. The van der Waals surface area contributed by atoms with E-state index in [1.165, 1.54) is 32.2 Å². The van der Waals surface area contributed by atoms with Crippen molar-refractivity contribution in [3.63, 3.8) is 0 Å². The molecular weight excluding hydrogens is 188 g/mol. The van der Waals surface area contributed by atoms with Gasteiger partial charge in [0, 0.05) is 19.2 Å². The predicted molar refractivity (Wildman–Crippen MR) is 61.9 cm³/mol. The Labute approximate surface area is 93.0 Å². The molecule has 0 spiro atoms. The minimum Gasteiger partial charge on any atom is -0.379 e.